The summed E-state index contributed by atoms with van der Waals surface area (Å²) in [6.07, 6.45) is -0.659. The van der Waals surface area contributed by atoms with Crippen LogP contribution in [0.4, 0.5) is 5.69 Å². The number of aliphatic hydroxyl groups excluding tert-OH is 1. The second-order valence-electron chi connectivity index (χ2n) is 7.61. The van der Waals surface area contributed by atoms with Gasteiger partial charge in [-0.05, 0) is 35.4 Å². The van der Waals surface area contributed by atoms with Crippen LogP contribution in [-0.4, -0.2) is 30.8 Å². The number of carbonyl (C=O) groups excluding carboxylic acids is 1. The molecule has 3 N–H and O–H groups in total. The Labute approximate surface area is 173 Å². The number of benzene rings is 2. The first kappa shape index (κ1) is 22.7. The standard InChI is InChI=1S/C23H32N2O4/c1-15(2)23(27)29-22-11-8-18(21(26)14-24-16(3)4)12-20(22)25-13-17-6-9-19(28-5)10-7-17/h6-12,15-16,21,24-26H,13-14H2,1-5H3. The lowest BCUT2D eigenvalue weighted by molar-refractivity contribution is -0.137. The van der Waals surface area contributed by atoms with Gasteiger partial charge in [0.25, 0.3) is 0 Å². The third-order valence-corrected chi connectivity index (χ3v) is 4.43. The summed E-state index contributed by atoms with van der Waals surface area (Å²) in [6, 6.07) is 13.4. The van der Waals surface area contributed by atoms with E-state index >= 15 is 0 Å². The number of aliphatic hydroxyl groups is 1. The van der Waals surface area contributed by atoms with Crippen LogP contribution in [-0.2, 0) is 11.3 Å². The molecule has 0 aromatic heterocycles. The number of nitrogens with one attached hydrogen (secondary N) is 2. The molecule has 29 heavy (non-hydrogen) atoms. The lowest BCUT2D eigenvalue weighted by Crippen LogP contribution is -2.28. The van der Waals surface area contributed by atoms with E-state index < -0.39 is 6.10 Å². The Bertz CT molecular complexity index is 788. The molecule has 0 aliphatic rings. The van der Waals surface area contributed by atoms with Crippen molar-refractivity contribution < 1.29 is 19.4 Å². The lowest BCUT2D eigenvalue weighted by atomic mass is 10.1. The Morgan fingerprint density at radius 3 is 2.34 bits per heavy atom. The van der Waals surface area contributed by atoms with Crippen molar-refractivity contribution in [2.75, 3.05) is 19.0 Å². The molecular formula is C23H32N2O4. The maximum atomic E-state index is 12.1. The van der Waals surface area contributed by atoms with Crippen LogP contribution in [0.3, 0.4) is 0 Å². The van der Waals surface area contributed by atoms with E-state index in [1.54, 1.807) is 33.1 Å². The number of anilines is 1. The van der Waals surface area contributed by atoms with Crippen molar-refractivity contribution in [3.05, 3.63) is 53.6 Å². The zero-order chi connectivity index (χ0) is 21.4. The quantitative estimate of drug-likeness (QED) is 0.415. The van der Waals surface area contributed by atoms with Gasteiger partial charge in [0.05, 0.1) is 24.8 Å². The first-order valence-corrected chi connectivity index (χ1v) is 9.94. The fraction of sp³-hybridized carbons (Fsp3) is 0.435. The molecule has 0 radical (unpaired) electrons. The fourth-order valence-electron chi connectivity index (χ4n) is 2.61. The molecule has 0 aliphatic carbocycles. The molecule has 1 atom stereocenters. The first-order chi connectivity index (χ1) is 13.8. The number of hydrogen-bond donors (Lipinski definition) is 3. The first-order valence-electron chi connectivity index (χ1n) is 9.94. The second-order valence-corrected chi connectivity index (χ2v) is 7.61. The Hall–Kier alpha value is -2.57. The summed E-state index contributed by atoms with van der Waals surface area (Å²) in [7, 11) is 1.63. The predicted octanol–water partition coefficient (Wildman–Crippen LogP) is 3.90. The van der Waals surface area contributed by atoms with E-state index in [-0.39, 0.29) is 17.9 Å². The van der Waals surface area contributed by atoms with Crippen molar-refractivity contribution in [1.82, 2.24) is 5.32 Å². The van der Waals surface area contributed by atoms with Crippen LogP contribution in [0, 0.1) is 5.92 Å². The highest BCUT2D eigenvalue weighted by atomic mass is 16.5. The summed E-state index contributed by atoms with van der Waals surface area (Å²) in [5.74, 6) is 0.713. The molecular weight excluding hydrogens is 368 g/mol. The maximum Gasteiger partial charge on any atom is 0.313 e. The van der Waals surface area contributed by atoms with Crippen LogP contribution in [0.1, 0.15) is 44.9 Å². The van der Waals surface area contributed by atoms with Crippen LogP contribution >= 0.6 is 0 Å². The van der Waals surface area contributed by atoms with E-state index in [1.165, 1.54) is 0 Å². The number of carbonyl (C=O) groups is 1. The third kappa shape index (κ3) is 7.07. The van der Waals surface area contributed by atoms with E-state index in [9.17, 15) is 9.90 Å². The van der Waals surface area contributed by atoms with Gasteiger partial charge in [0.1, 0.15) is 5.75 Å². The van der Waals surface area contributed by atoms with Gasteiger partial charge in [0.2, 0.25) is 0 Å². The highest BCUT2D eigenvalue weighted by Crippen LogP contribution is 2.30. The minimum Gasteiger partial charge on any atom is -0.497 e. The minimum absolute atomic E-state index is 0.232. The minimum atomic E-state index is -0.659. The Morgan fingerprint density at radius 1 is 1.07 bits per heavy atom. The molecule has 2 rings (SSSR count). The molecule has 0 aliphatic heterocycles. The Morgan fingerprint density at radius 2 is 1.76 bits per heavy atom. The van der Waals surface area contributed by atoms with Gasteiger partial charge in [0, 0.05) is 19.1 Å². The molecule has 1 unspecified atom stereocenters. The van der Waals surface area contributed by atoms with E-state index in [4.69, 9.17) is 9.47 Å². The molecule has 0 heterocycles. The smallest absolute Gasteiger partial charge is 0.313 e. The summed E-state index contributed by atoms with van der Waals surface area (Å²) >= 11 is 0. The molecule has 158 valence electrons. The van der Waals surface area contributed by atoms with Crippen molar-refractivity contribution in [3.8, 4) is 11.5 Å². The molecule has 0 amide bonds. The van der Waals surface area contributed by atoms with E-state index in [0.717, 1.165) is 16.9 Å². The van der Waals surface area contributed by atoms with Crippen LogP contribution in [0.5, 0.6) is 11.5 Å². The molecule has 2 aromatic rings. The van der Waals surface area contributed by atoms with Gasteiger partial charge in [-0.1, -0.05) is 45.9 Å². The number of hydrogen-bond acceptors (Lipinski definition) is 6. The zero-order valence-corrected chi connectivity index (χ0v) is 17.9. The topological polar surface area (TPSA) is 79.8 Å². The predicted molar refractivity (Wildman–Crippen MR) is 115 cm³/mol. The van der Waals surface area contributed by atoms with Crippen molar-refractivity contribution in [2.45, 2.75) is 46.4 Å². The molecule has 0 fully saturated rings. The Balaban J connectivity index is 2.20. The van der Waals surface area contributed by atoms with Gasteiger partial charge in [-0.15, -0.1) is 0 Å². The molecule has 0 bridgehead atoms. The number of methoxy groups -OCH3 is 1. The summed E-state index contributed by atoms with van der Waals surface area (Å²) in [6.45, 7) is 8.64. The average molecular weight is 401 g/mol. The van der Waals surface area contributed by atoms with Crippen LogP contribution in [0.15, 0.2) is 42.5 Å². The average Bonchev–Trinajstić information content (AvgIpc) is 2.71. The normalized spacial score (nSPS) is 12.1. The summed E-state index contributed by atoms with van der Waals surface area (Å²) in [5.41, 5.74) is 2.47. The molecule has 0 saturated heterocycles. The zero-order valence-electron chi connectivity index (χ0n) is 17.9. The summed E-state index contributed by atoms with van der Waals surface area (Å²) < 4.78 is 10.7. The number of ether oxygens (including phenoxy) is 2. The van der Waals surface area contributed by atoms with Gasteiger partial charge in [0.15, 0.2) is 5.75 Å². The van der Waals surface area contributed by atoms with E-state index in [2.05, 4.69) is 10.6 Å². The van der Waals surface area contributed by atoms with Gasteiger partial charge >= 0.3 is 5.97 Å². The van der Waals surface area contributed by atoms with E-state index in [0.29, 0.717) is 24.5 Å². The molecule has 2 aromatic carbocycles. The summed E-state index contributed by atoms with van der Waals surface area (Å²) in [4.78, 5) is 12.1. The van der Waals surface area contributed by atoms with Gasteiger partial charge < -0.3 is 25.2 Å². The SMILES string of the molecule is COc1ccc(CNc2cc(C(O)CNC(C)C)ccc2OC(=O)C(C)C)cc1. The second kappa shape index (κ2) is 10.8. The fourth-order valence-corrected chi connectivity index (χ4v) is 2.61. The third-order valence-electron chi connectivity index (χ3n) is 4.43. The molecule has 0 spiro atoms. The van der Waals surface area contributed by atoms with Crippen LogP contribution < -0.4 is 20.1 Å². The molecule has 6 nitrogen and oxygen atoms in total. The molecule has 6 heteroatoms. The monoisotopic (exact) mass is 400 g/mol. The van der Waals surface area contributed by atoms with Crippen LogP contribution in [0.2, 0.25) is 0 Å². The van der Waals surface area contributed by atoms with Crippen molar-refractivity contribution >= 4 is 11.7 Å². The highest BCUT2D eigenvalue weighted by molar-refractivity contribution is 5.76. The van der Waals surface area contributed by atoms with Gasteiger partial charge in [-0.3, -0.25) is 4.79 Å². The highest BCUT2D eigenvalue weighted by Gasteiger charge is 2.16. The number of esters is 1. The lowest BCUT2D eigenvalue weighted by Gasteiger charge is -2.18. The van der Waals surface area contributed by atoms with Crippen molar-refractivity contribution in [3.63, 3.8) is 0 Å². The largest absolute Gasteiger partial charge is 0.497 e. The van der Waals surface area contributed by atoms with Gasteiger partial charge in [-0.25, -0.2) is 0 Å². The van der Waals surface area contributed by atoms with E-state index in [1.807, 2.05) is 44.2 Å². The molecule has 0 saturated carbocycles. The maximum absolute atomic E-state index is 12.1. The van der Waals surface area contributed by atoms with Gasteiger partial charge in [-0.2, -0.15) is 0 Å². The van der Waals surface area contributed by atoms with Crippen molar-refractivity contribution in [2.24, 2.45) is 5.92 Å². The van der Waals surface area contributed by atoms with Crippen LogP contribution in [0.25, 0.3) is 0 Å². The van der Waals surface area contributed by atoms with Crippen molar-refractivity contribution in [1.29, 1.82) is 0 Å². The summed E-state index contributed by atoms with van der Waals surface area (Å²) in [5, 5.41) is 17.0. The number of rotatable bonds is 10. The Kier molecular flexibility index (Phi) is 8.49.